The van der Waals surface area contributed by atoms with Gasteiger partial charge in [0, 0.05) is 5.56 Å². The lowest BCUT2D eigenvalue weighted by Crippen LogP contribution is -2.17. The molecule has 134 valence electrons. The minimum atomic E-state index is -0.172. The van der Waals surface area contributed by atoms with Crippen LogP contribution in [-0.2, 0) is 11.4 Å². The fourth-order valence-corrected chi connectivity index (χ4v) is 3.56. The molecule has 4 rings (SSSR count). The van der Waals surface area contributed by atoms with Gasteiger partial charge in [-0.15, -0.1) is 10.2 Å². The topological polar surface area (TPSA) is 92.8 Å². The molecular weight excluding hydrogens is 382 g/mol. The van der Waals surface area contributed by atoms with Crippen molar-refractivity contribution in [3.8, 4) is 17.1 Å². The van der Waals surface area contributed by atoms with Crippen molar-refractivity contribution in [2.45, 2.75) is 6.61 Å². The third-order valence-corrected chi connectivity index (χ3v) is 4.90. The molecule has 2 aromatic carbocycles. The van der Waals surface area contributed by atoms with Gasteiger partial charge in [-0.05, 0) is 40.6 Å². The van der Waals surface area contributed by atoms with E-state index in [2.05, 4.69) is 25.9 Å². The van der Waals surface area contributed by atoms with Crippen LogP contribution >= 0.6 is 24.0 Å². The van der Waals surface area contributed by atoms with E-state index >= 15 is 0 Å². The van der Waals surface area contributed by atoms with Crippen molar-refractivity contribution in [1.29, 1.82) is 0 Å². The number of thioether (sulfide) groups is 1. The van der Waals surface area contributed by atoms with E-state index in [9.17, 15) is 4.79 Å². The zero-order chi connectivity index (χ0) is 18.6. The maximum absolute atomic E-state index is 11.8. The van der Waals surface area contributed by atoms with Crippen molar-refractivity contribution in [1.82, 2.24) is 25.9 Å². The molecule has 0 aliphatic carbocycles. The van der Waals surface area contributed by atoms with Crippen molar-refractivity contribution in [3.63, 3.8) is 0 Å². The highest BCUT2D eigenvalue weighted by Gasteiger charge is 2.21. The highest BCUT2D eigenvalue weighted by Crippen LogP contribution is 2.27. The summed E-state index contributed by atoms with van der Waals surface area (Å²) in [6, 6.07) is 15.3. The van der Waals surface area contributed by atoms with Gasteiger partial charge in [-0.1, -0.05) is 54.3 Å². The van der Waals surface area contributed by atoms with Gasteiger partial charge < -0.3 is 10.1 Å². The molecule has 7 nitrogen and oxygen atoms in total. The molecule has 9 heteroatoms. The summed E-state index contributed by atoms with van der Waals surface area (Å²) in [4.78, 5) is 12.4. The van der Waals surface area contributed by atoms with Crippen molar-refractivity contribution in [3.05, 3.63) is 64.6 Å². The van der Waals surface area contributed by atoms with Crippen LogP contribution < -0.4 is 10.1 Å². The number of benzene rings is 2. The predicted octanol–water partition coefficient (Wildman–Crippen LogP) is 2.93. The molecule has 0 radical (unpaired) electrons. The van der Waals surface area contributed by atoms with Crippen molar-refractivity contribution in [2.75, 3.05) is 0 Å². The molecule has 0 saturated carbocycles. The van der Waals surface area contributed by atoms with Gasteiger partial charge in [0.25, 0.3) is 5.91 Å². The van der Waals surface area contributed by atoms with Gasteiger partial charge in [0.1, 0.15) is 16.7 Å². The van der Waals surface area contributed by atoms with Crippen molar-refractivity contribution >= 4 is 40.3 Å². The molecular formula is C18H13N5O2S2. The summed E-state index contributed by atoms with van der Waals surface area (Å²) in [5.41, 5.74) is 2.72. The van der Waals surface area contributed by atoms with E-state index in [4.69, 9.17) is 17.0 Å². The van der Waals surface area contributed by atoms with E-state index in [0.29, 0.717) is 27.4 Å². The van der Waals surface area contributed by atoms with Gasteiger partial charge in [0.05, 0.1) is 4.91 Å². The van der Waals surface area contributed by atoms with Crippen LogP contribution in [0.2, 0.25) is 0 Å². The van der Waals surface area contributed by atoms with E-state index in [1.807, 2.05) is 48.5 Å². The molecule has 1 fully saturated rings. The van der Waals surface area contributed by atoms with Gasteiger partial charge in [-0.3, -0.25) is 4.79 Å². The Bertz CT molecular complexity index is 1030. The first kappa shape index (κ1) is 17.4. The number of amides is 1. The Morgan fingerprint density at radius 2 is 2.07 bits per heavy atom. The van der Waals surface area contributed by atoms with Crippen LogP contribution in [0.1, 0.15) is 11.1 Å². The second-order valence-electron chi connectivity index (χ2n) is 5.65. The van der Waals surface area contributed by atoms with E-state index < -0.39 is 0 Å². The van der Waals surface area contributed by atoms with Gasteiger partial charge in [0.15, 0.2) is 0 Å². The van der Waals surface area contributed by atoms with Crippen LogP contribution in [0.5, 0.6) is 5.75 Å². The average molecular weight is 395 g/mol. The number of aromatic nitrogens is 4. The summed E-state index contributed by atoms with van der Waals surface area (Å²) in [6.45, 7) is 0.394. The van der Waals surface area contributed by atoms with Crippen LogP contribution in [0.3, 0.4) is 0 Å². The lowest BCUT2D eigenvalue weighted by atomic mass is 10.1. The maximum atomic E-state index is 11.8. The number of hydrogen-bond donors (Lipinski definition) is 2. The van der Waals surface area contributed by atoms with E-state index in [-0.39, 0.29) is 5.91 Å². The number of tetrazole rings is 1. The molecule has 27 heavy (non-hydrogen) atoms. The van der Waals surface area contributed by atoms with Crippen LogP contribution in [0.4, 0.5) is 0 Å². The highest BCUT2D eigenvalue weighted by atomic mass is 32.2. The molecule has 1 aliphatic heterocycles. The molecule has 1 aromatic heterocycles. The van der Waals surface area contributed by atoms with E-state index in [0.717, 1.165) is 16.7 Å². The number of carbonyl (C=O) groups is 1. The molecule has 0 unspecified atom stereocenters. The molecule has 1 aliphatic rings. The Labute approximate surface area is 164 Å². The van der Waals surface area contributed by atoms with Crippen molar-refractivity contribution in [2.24, 2.45) is 0 Å². The molecule has 0 bridgehead atoms. The zero-order valence-electron chi connectivity index (χ0n) is 13.9. The smallest absolute Gasteiger partial charge is 0.263 e. The Kier molecular flexibility index (Phi) is 4.95. The first-order chi connectivity index (χ1) is 13.2. The number of H-pyrrole nitrogens is 1. The molecule has 1 saturated heterocycles. The summed E-state index contributed by atoms with van der Waals surface area (Å²) >= 11 is 6.26. The second kappa shape index (κ2) is 7.68. The van der Waals surface area contributed by atoms with Crippen LogP contribution in [-0.4, -0.2) is 30.9 Å². The number of nitrogens with zero attached hydrogens (tertiary/aromatic N) is 3. The van der Waals surface area contributed by atoms with Crippen molar-refractivity contribution < 1.29 is 9.53 Å². The molecule has 2 N–H and O–H groups in total. The fraction of sp³-hybridized carbons (Fsp3) is 0.0556. The number of ether oxygens (including phenoxy) is 1. The Morgan fingerprint density at radius 1 is 1.19 bits per heavy atom. The first-order valence-corrected chi connectivity index (χ1v) is 9.20. The number of aromatic amines is 1. The van der Waals surface area contributed by atoms with E-state index in [1.54, 1.807) is 6.08 Å². The second-order valence-corrected chi connectivity index (χ2v) is 7.37. The van der Waals surface area contributed by atoms with Gasteiger partial charge in [-0.25, -0.2) is 0 Å². The average Bonchev–Trinajstić information content (AvgIpc) is 3.31. The number of rotatable bonds is 5. The molecule has 0 atom stereocenters. The monoisotopic (exact) mass is 395 g/mol. The van der Waals surface area contributed by atoms with Gasteiger partial charge >= 0.3 is 0 Å². The first-order valence-electron chi connectivity index (χ1n) is 7.98. The molecule has 3 aromatic rings. The zero-order valence-corrected chi connectivity index (χ0v) is 15.5. The predicted molar refractivity (Wildman–Crippen MR) is 107 cm³/mol. The number of thiocarbonyl (C=S) groups is 1. The normalized spacial score (nSPS) is 15.2. The van der Waals surface area contributed by atoms with Crippen LogP contribution in [0.25, 0.3) is 17.5 Å². The quantitative estimate of drug-likeness (QED) is 0.507. The summed E-state index contributed by atoms with van der Waals surface area (Å²) in [6.07, 6.45) is 1.79. The Balaban J connectivity index is 1.46. The summed E-state index contributed by atoms with van der Waals surface area (Å²) in [5.74, 6) is 1.07. The summed E-state index contributed by atoms with van der Waals surface area (Å²) < 4.78 is 6.36. The highest BCUT2D eigenvalue weighted by molar-refractivity contribution is 8.26. The summed E-state index contributed by atoms with van der Waals surface area (Å²) in [7, 11) is 0. The minimum absolute atomic E-state index is 0.172. The minimum Gasteiger partial charge on any atom is -0.489 e. The maximum Gasteiger partial charge on any atom is 0.263 e. The van der Waals surface area contributed by atoms with Crippen LogP contribution in [0, 0.1) is 0 Å². The molecule has 2 heterocycles. The largest absolute Gasteiger partial charge is 0.489 e. The number of carbonyl (C=O) groups excluding carboxylic acids is 1. The van der Waals surface area contributed by atoms with Gasteiger partial charge in [0.2, 0.25) is 5.82 Å². The van der Waals surface area contributed by atoms with E-state index in [1.165, 1.54) is 11.8 Å². The third-order valence-electron chi connectivity index (χ3n) is 3.73. The molecule has 0 spiro atoms. The number of hydrogen-bond acceptors (Lipinski definition) is 7. The summed E-state index contributed by atoms with van der Waals surface area (Å²) in [5, 5.41) is 16.6. The number of nitrogens with one attached hydrogen (secondary N) is 2. The Hall–Kier alpha value is -3.04. The fourth-order valence-electron chi connectivity index (χ4n) is 2.52. The van der Waals surface area contributed by atoms with Crippen LogP contribution in [0.15, 0.2) is 53.4 Å². The standard InChI is InChI=1S/C18H13N5O2S2/c24-17-15(27-18(26)19-17)9-11-3-2-6-14(8-11)25-10-12-4-1-5-13(7-12)16-20-22-23-21-16/h1-9H,10H2,(H,19,24,26)(H,20,21,22,23). The van der Waals surface area contributed by atoms with Gasteiger partial charge in [-0.2, -0.15) is 5.21 Å². The lowest BCUT2D eigenvalue weighted by Gasteiger charge is -2.08. The molecule has 1 amide bonds. The SMILES string of the molecule is O=C1NC(=S)SC1=Cc1cccc(OCc2cccc(-c3nn[nH]n3)c2)c1. The third kappa shape index (κ3) is 4.21. The Morgan fingerprint density at radius 3 is 2.85 bits per heavy atom. The lowest BCUT2D eigenvalue weighted by molar-refractivity contribution is -0.115.